The zero-order valence-electron chi connectivity index (χ0n) is 14.2. The Kier molecular flexibility index (Phi) is 5.31. The quantitative estimate of drug-likeness (QED) is 0.894. The van der Waals surface area contributed by atoms with Crippen LogP contribution < -0.4 is 5.32 Å². The number of nitrogens with zero attached hydrogens (tertiary/aromatic N) is 1. The van der Waals surface area contributed by atoms with Crippen molar-refractivity contribution in [3.05, 3.63) is 39.7 Å². The van der Waals surface area contributed by atoms with Gasteiger partial charge in [0.25, 0.3) is 0 Å². The smallest absolute Gasteiger partial charge is 0.225 e. The van der Waals surface area contributed by atoms with Gasteiger partial charge in [-0.25, -0.2) is 4.98 Å². The van der Waals surface area contributed by atoms with E-state index in [-0.39, 0.29) is 11.9 Å². The average molecular weight is 344 g/mol. The SMILES string of the molecule is Cc1ccc(-c2nc(C)sc2CC(=O)NC2CCCCC2O)cc1. The van der Waals surface area contributed by atoms with Gasteiger partial charge in [-0.3, -0.25) is 4.79 Å². The Labute approximate surface area is 146 Å². The van der Waals surface area contributed by atoms with E-state index < -0.39 is 6.10 Å². The number of nitrogens with one attached hydrogen (secondary N) is 1. The zero-order chi connectivity index (χ0) is 17.1. The minimum absolute atomic E-state index is 0.0297. The number of benzene rings is 1. The Morgan fingerprint density at radius 1 is 1.25 bits per heavy atom. The molecule has 1 amide bonds. The van der Waals surface area contributed by atoms with Gasteiger partial charge in [0.2, 0.25) is 5.91 Å². The van der Waals surface area contributed by atoms with Crippen molar-refractivity contribution in [3.63, 3.8) is 0 Å². The van der Waals surface area contributed by atoms with Crippen molar-refractivity contribution < 1.29 is 9.90 Å². The minimum Gasteiger partial charge on any atom is -0.391 e. The van der Waals surface area contributed by atoms with Gasteiger partial charge in [0.1, 0.15) is 0 Å². The maximum absolute atomic E-state index is 12.4. The monoisotopic (exact) mass is 344 g/mol. The summed E-state index contributed by atoms with van der Waals surface area (Å²) in [5, 5.41) is 14.0. The number of aliphatic hydroxyl groups excluding tert-OH is 1. The molecular weight excluding hydrogens is 320 g/mol. The van der Waals surface area contributed by atoms with Gasteiger partial charge in [-0.15, -0.1) is 11.3 Å². The number of carbonyl (C=O) groups excluding carboxylic acids is 1. The van der Waals surface area contributed by atoms with E-state index in [9.17, 15) is 9.90 Å². The van der Waals surface area contributed by atoms with Crippen molar-refractivity contribution in [3.8, 4) is 11.3 Å². The van der Waals surface area contributed by atoms with Crippen molar-refractivity contribution in [1.82, 2.24) is 10.3 Å². The lowest BCUT2D eigenvalue weighted by Crippen LogP contribution is -2.45. The molecular formula is C19H24N2O2S. The molecule has 0 bridgehead atoms. The first kappa shape index (κ1) is 17.1. The van der Waals surface area contributed by atoms with Gasteiger partial charge in [0, 0.05) is 10.4 Å². The molecule has 1 saturated carbocycles. The van der Waals surface area contributed by atoms with Crippen LogP contribution in [0.2, 0.25) is 0 Å². The molecule has 1 aliphatic carbocycles. The molecule has 0 spiro atoms. The van der Waals surface area contributed by atoms with Crippen LogP contribution in [-0.4, -0.2) is 28.1 Å². The molecule has 24 heavy (non-hydrogen) atoms. The highest BCUT2D eigenvalue weighted by Crippen LogP contribution is 2.29. The van der Waals surface area contributed by atoms with E-state index in [2.05, 4.69) is 41.5 Å². The predicted octanol–water partition coefficient (Wildman–Crippen LogP) is 3.39. The fourth-order valence-corrected chi connectivity index (χ4v) is 4.17. The van der Waals surface area contributed by atoms with Crippen molar-refractivity contribution in [2.75, 3.05) is 0 Å². The number of thiazole rings is 1. The summed E-state index contributed by atoms with van der Waals surface area (Å²) in [5.74, 6) is -0.0297. The van der Waals surface area contributed by atoms with E-state index in [1.165, 1.54) is 5.56 Å². The molecule has 2 atom stereocenters. The third-order valence-corrected chi connectivity index (χ3v) is 5.50. The lowest BCUT2D eigenvalue weighted by molar-refractivity contribution is -0.122. The summed E-state index contributed by atoms with van der Waals surface area (Å²) in [6.45, 7) is 4.02. The van der Waals surface area contributed by atoms with Crippen LogP contribution in [-0.2, 0) is 11.2 Å². The fourth-order valence-electron chi connectivity index (χ4n) is 3.21. The molecule has 1 aromatic heterocycles. The molecule has 2 unspecified atom stereocenters. The van der Waals surface area contributed by atoms with Crippen molar-refractivity contribution in [1.29, 1.82) is 0 Å². The van der Waals surface area contributed by atoms with Gasteiger partial charge in [-0.05, 0) is 26.7 Å². The predicted molar refractivity (Wildman–Crippen MR) is 97.1 cm³/mol. The van der Waals surface area contributed by atoms with Gasteiger partial charge < -0.3 is 10.4 Å². The minimum atomic E-state index is -0.414. The Morgan fingerprint density at radius 3 is 2.67 bits per heavy atom. The van der Waals surface area contributed by atoms with Crippen LogP contribution in [0.3, 0.4) is 0 Å². The molecule has 128 valence electrons. The fraction of sp³-hybridized carbons (Fsp3) is 0.474. The number of hydrogen-bond donors (Lipinski definition) is 2. The van der Waals surface area contributed by atoms with Gasteiger partial charge in [-0.1, -0.05) is 42.7 Å². The van der Waals surface area contributed by atoms with Crippen LogP contribution in [0.4, 0.5) is 0 Å². The number of rotatable bonds is 4. The van der Waals surface area contributed by atoms with Crippen LogP contribution in [0.5, 0.6) is 0 Å². The highest BCUT2D eigenvalue weighted by Gasteiger charge is 2.25. The molecule has 0 radical (unpaired) electrons. The first-order chi connectivity index (χ1) is 11.5. The van der Waals surface area contributed by atoms with Crippen molar-refractivity contribution in [2.45, 2.75) is 58.1 Å². The lowest BCUT2D eigenvalue weighted by atomic mass is 9.92. The highest BCUT2D eigenvalue weighted by molar-refractivity contribution is 7.12. The van der Waals surface area contributed by atoms with E-state index in [0.29, 0.717) is 6.42 Å². The zero-order valence-corrected chi connectivity index (χ0v) is 15.0. The first-order valence-corrected chi connectivity index (χ1v) is 9.35. The Bertz CT molecular complexity index is 709. The van der Waals surface area contributed by atoms with Crippen LogP contribution in [0, 0.1) is 13.8 Å². The van der Waals surface area contributed by atoms with Gasteiger partial charge >= 0.3 is 0 Å². The second kappa shape index (κ2) is 7.45. The Balaban J connectivity index is 1.73. The molecule has 1 heterocycles. The lowest BCUT2D eigenvalue weighted by Gasteiger charge is -2.28. The third kappa shape index (κ3) is 4.02. The second-order valence-electron chi connectivity index (χ2n) is 6.57. The van der Waals surface area contributed by atoms with E-state index in [4.69, 9.17) is 0 Å². The van der Waals surface area contributed by atoms with Crippen LogP contribution in [0.15, 0.2) is 24.3 Å². The molecule has 1 aliphatic rings. The molecule has 3 rings (SSSR count). The van der Waals surface area contributed by atoms with Crippen LogP contribution in [0.1, 0.15) is 41.1 Å². The van der Waals surface area contributed by atoms with Gasteiger partial charge in [0.15, 0.2) is 0 Å². The standard InChI is InChI=1S/C19H24N2O2S/c1-12-7-9-14(10-8-12)19-17(24-13(2)20-19)11-18(23)21-15-5-3-4-6-16(15)22/h7-10,15-16,22H,3-6,11H2,1-2H3,(H,21,23). The molecule has 0 aliphatic heterocycles. The van der Waals surface area contributed by atoms with Crippen LogP contribution in [0.25, 0.3) is 11.3 Å². The molecule has 1 aromatic carbocycles. The summed E-state index contributed by atoms with van der Waals surface area (Å²) in [5.41, 5.74) is 3.15. The number of aliphatic hydroxyl groups is 1. The summed E-state index contributed by atoms with van der Waals surface area (Å²) in [6, 6.07) is 8.12. The van der Waals surface area contributed by atoms with Crippen molar-refractivity contribution in [2.24, 2.45) is 0 Å². The molecule has 2 N–H and O–H groups in total. The Morgan fingerprint density at radius 2 is 1.96 bits per heavy atom. The molecule has 1 fully saturated rings. The summed E-state index contributed by atoms with van der Waals surface area (Å²) < 4.78 is 0. The van der Waals surface area contributed by atoms with Gasteiger partial charge in [0.05, 0.1) is 29.3 Å². The third-order valence-electron chi connectivity index (χ3n) is 4.53. The summed E-state index contributed by atoms with van der Waals surface area (Å²) in [4.78, 5) is 18.0. The second-order valence-corrected chi connectivity index (χ2v) is 7.86. The first-order valence-electron chi connectivity index (χ1n) is 8.53. The average Bonchev–Trinajstić information content (AvgIpc) is 2.90. The van der Waals surface area contributed by atoms with E-state index in [1.54, 1.807) is 11.3 Å². The number of amides is 1. The van der Waals surface area contributed by atoms with Crippen molar-refractivity contribution >= 4 is 17.2 Å². The molecule has 2 aromatic rings. The summed E-state index contributed by atoms with van der Waals surface area (Å²) in [6.07, 6.45) is 3.65. The number of hydrogen-bond acceptors (Lipinski definition) is 4. The maximum atomic E-state index is 12.4. The Hall–Kier alpha value is -1.72. The van der Waals surface area contributed by atoms with Gasteiger partial charge in [-0.2, -0.15) is 0 Å². The van der Waals surface area contributed by atoms with E-state index >= 15 is 0 Å². The largest absolute Gasteiger partial charge is 0.391 e. The summed E-state index contributed by atoms with van der Waals surface area (Å²) in [7, 11) is 0. The van der Waals surface area contributed by atoms with E-state index in [0.717, 1.165) is 46.8 Å². The highest BCUT2D eigenvalue weighted by atomic mass is 32.1. The normalized spacial score (nSPS) is 20.8. The van der Waals surface area contributed by atoms with E-state index in [1.807, 2.05) is 6.92 Å². The maximum Gasteiger partial charge on any atom is 0.225 e. The molecule has 5 heteroatoms. The number of aromatic nitrogens is 1. The summed E-state index contributed by atoms with van der Waals surface area (Å²) >= 11 is 1.57. The molecule has 4 nitrogen and oxygen atoms in total. The number of aryl methyl sites for hydroxylation is 2. The molecule has 0 saturated heterocycles. The number of carbonyl (C=O) groups is 1. The van der Waals surface area contributed by atoms with Crippen LogP contribution >= 0.6 is 11.3 Å². The topological polar surface area (TPSA) is 62.2 Å².